The number of nitrogens with one attached hydrogen (secondary N) is 1. The summed E-state index contributed by atoms with van der Waals surface area (Å²) in [6.45, 7) is 0.805. The van der Waals surface area contributed by atoms with E-state index >= 15 is 0 Å². The highest BCUT2D eigenvalue weighted by Gasteiger charge is 2.16. The topological polar surface area (TPSA) is 21.3 Å². The van der Waals surface area contributed by atoms with E-state index in [9.17, 15) is 4.39 Å². The summed E-state index contributed by atoms with van der Waals surface area (Å²) in [6.07, 6.45) is 2.13. The maximum Gasteiger partial charge on any atom is 0.123 e. The van der Waals surface area contributed by atoms with Gasteiger partial charge in [0.2, 0.25) is 0 Å². The van der Waals surface area contributed by atoms with Crippen LogP contribution in [0.5, 0.6) is 5.75 Å². The van der Waals surface area contributed by atoms with Crippen molar-refractivity contribution in [3.05, 3.63) is 65.0 Å². The van der Waals surface area contributed by atoms with Gasteiger partial charge in [0.05, 0.1) is 12.6 Å². The molecule has 0 bridgehead atoms. The molecule has 2 nitrogen and oxygen atoms in total. The lowest BCUT2D eigenvalue weighted by atomic mass is 9.95. The van der Waals surface area contributed by atoms with Gasteiger partial charge in [0, 0.05) is 0 Å². The predicted octanol–water partition coefficient (Wildman–Crippen LogP) is 3.46. The molecule has 0 aromatic heterocycles. The summed E-state index contributed by atoms with van der Waals surface area (Å²) in [5, 5.41) is 3.30. The Bertz CT molecular complexity index is 594. The van der Waals surface area contributed by atoms with Crippen LogP contribution in [0.4, 0.5) is 4.39 Å². The van der Waals surface area contributed by atoms with E-state index in [1.165, 1.54) is 23.3 Å². The normalized spacial score (nSPS) is 15.3. The van der Waals surface area contributed by atoms with Crippen LogP contribution >= 0.6 is 0 Å². The van der Waals surface area contributed by atoms with Crippen molar-refractivity contribution < 1.29 is 9.13 Å². The van der Waals surface area contributed by atoms with Crippen LogP contribution in [0.2, 0.25) is 0 Å². The molecule has 1 atom stereocenters. The van der Waals surface area contributed by atoms with Gasteiger partial charge in [-0.25, -0.2) is 4.39 Å². The standard InChI is InChI=1S/C17H18FNO/c1-19-17(12-4-7-15(18)8-5-12)14-6-9-16-13(11-14)3-2-10-20-16/h4-9,11,17,19H,2-3,10H2,1H3. The molecule has 0 amide bonds. The zero-order valence-corrected chi connectivity index (χ0v) is 11.5. The number of ether oxygens (including phenoxy) is 1. The van der Waals surface area contributed by atoms with Crippen LogP contribution in [-0.2, 0) is 6.42 Å². The first-order valence-corrected chi connectivity index (χ1v) is 6.96. The highest BCUT2D eigenvalue weighted by Crippen LogP contribution is 2.30. The number of benzene rings is 2. The van der Waals surface area contributed by atoms with Gasteiger partial charge < -0.3 is 10.1 Å². The zero-order valence-electron chi connectivity index (χ0n) is 11.5. The van der Waals surface area contributed by atoms with Crippen molar-refractivity contribution in [3.63, 3.8) is 0 Å². The second kappa shape index (κ2) is 5.63. The van der Waals surface area contributed by atoms with E-state index in [4.69, 9.17) is 4.74 Å². The van der Waals surface area contributed by atoms with Gasteiger partial charge in [-0.15, -0.1) is 0 Å². The fourth-order valence-electron chi connectivity index (χ4n) is 2.74. The summed E-state index contributed by atoms with van der Waals surface area (Å²) in [6, 6.07) is 13.0. The number of rotatable bonds is 3. The molecule has 2 aromatic carbocycles. The van der Waals surface area contributed by atoms with Gasteiger partial charge in [0.25, 0.3) is 0 Å². The molecule has 3 heteroatoms. The Hall–Kier alpha value is -1.87. The molecule has 0 fully saturated rings. The maximum absolute atomic E-state index is 13.0. The summed E-state index contributed by atoms with van der Waals surface area (Å²) in [4.78, 5) is 0. The van der Waals surface area contributed by atoms with Crippen molar-refractivity contribution in [2.75, 3.05) is 13.7 Å². The van der Waals surface area contributed by atoms with E-state index < -0.39 is 0 Å². The molecule has 1 unspecified atom stereocenters. The maximum atomic E-state index is 13.0. The largest absolute Gasteiger partial charge is 0.493 e. The Balaban J connectivity index is 1.94. The van der Waals surface area contributed by atoms with Crippen LogP contribution in [-0.4, -0.2) is 13.7 Å². The number of aryl methyl sites for hydroxylation is 1. The molecule has 0 spiro atoms. The minimum atomic E-state index is -0.206. The SMILES string of the molecule is CNC(c1ccc(F)cc1)c1ccc2c(c1)CCCO2. The third kappa shape index (κ3) is 2.54. The summed E-state index contributed by atoms with van der Waals surface area (Å²) in [5.41, 5.74) is 3.50. The van der Waals surface area contributed by atoms with E-state index in [-0.39, 0.29) is 11.9 Å². The third-order valence-electron chi connectivity index (χ3n) is 3.76. The van der Waals surface area contributed by atoms with Crippen LogP contribution in [0.1, 0.15) is 29.2 Å². The summed E-state index contributed by atoms with van der Waals surface area (Å²) < 4.78 is 18.7. The number of fused-ring (bicyclic) bond motifs is 1. The van der Waals surface area contributed by atoms with Crippen LogP contribution in [0.15, 0.2) is 42.5 Å². The molecular weight excluding hydrogens is 253 g/mol. The van der Waals surface area contributed by atoms with Crippen LogP contribution in [0.3, 0.4) is 0 Å². The first-order chi connectivity index (χ1) is 9.78. The fourth-order valence-corrected chi connectivity index (χ4v) is 2.74. The molecule has 1 aliphatic heterocycles. The van der Waals surface area contributed by atoms with E-state index in [1.807, 2.05) is 25.2 Å². The second-order valence-corrected chi connectivity index (χ2v) is 5.09. The van der Waals surface area contributed by atoms with Gasteiger partial charge in [-0.05, 0) is 54.8 Å². The summed E-state index contributed by atoms with van der Waals surface area (Å²) >= 11 is 0. The average molecular weight is 271 g/mol. The molecular formula is C17H18FNO. The fraction of sp³-hybridized carbons (Fsp3) is 0.294. The van der Waals surface area contributed by atoms with Crippen LogP contribution < -0.4 is 10.1 Å². The lowest BCUT2D eigenvalue weighted by Gasteiger charge is -2.22. The highest BCUT2D eigenvalue weighted by molar-refractivity contribution is 5.42. The summed E-state index contributed by atoms with van der Waals surface area (Å²) in [7, 11) is 1.92. The second-order valence-electron chi connectivity index (χ2n) is 5.09. The Morgan fingerprint density at radius 2 is 1.85 bits per heavy atom. The van der Waals surface area contributed by atoms with Gasteiger partial charge in [0.15, 0.2) is 0 Å². The monoisotopic (exact) mass is 271 g/mol. The first kappa shape index (κ1) is 13.1. The molecule has 0 radical (unpaired) electrons. The van der Waals surface area contributed by atoms with Crippen molar-refractivity contribution in [1.29, 1.82) is 0 Å². The minimum Gasteiger partial charge on any atom is -0.493 e. The highest BCUT2D eigenvalue weighted by atomic mass is 19.1. The Labute approximate surface area is 118 Å². The molecule has 3 rings (SSSR count). The van der Waals surface area contributed by atoms with E-state index in [0.29, 0.717) is 0 Å². The zero-order chi connectivity index (χ0) is 13.9. The predicted molar refractivity (Wildman–Crippen MR) is 77.6 cm³/mol. The lowest BCUT2D eigenvalue weighted by Crippen LogP contribution is -2.18. The van der Waals surface area contributed by atoms with Crippen molar-refractivity contribution in [2.45, 2.75) is 18.9 Å². The molecule has 20 heavy (non-hydrogen) atoms. The van der Waals surface area contributed by atoms with Gasteiger partial charge in [-0.3, -0.25) is 0 Å². The Morgan fingerprint density at radius 1 is 1.10 bits per heavy atom. The quantitative estimate of drug-likeness (QED) is 0.923. The number of hydrogen-bond donors (Lipinski definition) is 1. The van der Waals surface area contributed by atoms with Gasteiger partial charge in [0.1, 0.15) is 11.6 Å². The van der Waals surface area contributed by atoms with Crippen molar-refractivity contribution in [3.8, 4) is 5.75 Å². The molecule has 0 aliphatic carbocycles. The van der Waals surface area contributed by atoms with Gasteiger partial charge in [-0.2, -0.15) is 0 Å². The molecule has 0 saturated heterocycles. The van der Waals surface area contributed by atoms with E-state index in [1.54, 1.807) is 0 Å². The van der Waals surface area contributed by atoms with Gasteiger partial charge in [-0.1, -0.05) is 24.3 Å². The van der Waals surface area contributed by atoms with E-state index in [0.717, 1.165) is 30.8 Å². The van der Waals surface area contributed by atoms with Crippen molar-refractivity contribution in [1.82, 2.24) is 5.32 Å². The Kier molecular flexibility index (Phi) is 3.70. The smallest absolute Gasteiger partial charge is 0.123 e. The Morgan fingerprint density at radius 3 is 2.60 bits per heavy atom. The molecule has 2 aromatic rings. The summed E-state index contributed by atoms with van der Waals surface area (Å²) in [5.74, 6) is 0.788. The molecule has 1 heterocycles. The van der Waals surface area contributed by atoms with E-state index in [2.05, 4.69) is 17.4 Å². The molecule has 0 saturated carbocycles. The third-order valence-corrected chi connectivity index (χ3v) is 3.76. The van der Waals surface area contributed by atoms with Crippen LogP contribution in [0, 0.1) is 5.82 Å². The number of halogens is 1. The van der Waals surface area contributed by atoms with Crippen molar-refractivity contribution >= 4 is 0 Å². The number of hydrogen-bond acceptors (Lipinski definition) is 2. The molecule has 1 N–H and O–H groups in total. The first-order valence-electron chi connectivity index (χ1n) is 6.96. The molecule has 104 valence electrons. The lowest BCUT2D eigenvalue weighted by molar-refractivity contribution is 0.288. The van der Waals surface area contributed by atoms with Crippen LogP contribution in [0.25, 0.3) is 0 Å². The average Bonchev–Trinajstić information content (AvgIpc) is 2.50. The molecule has 1 aliphatic rings. The van der Waals surface area contributed by atoms with Crippen molar-refractivity contribution in [2.24, 2.45) is 0 Å². The minimum absolute atomic E-state index is 0.0721. The van der Waals surface area contributed by atoms with Gasteiger partial charge >= 0.3 is 0 Å².